The number of rotatable bonds is 3. The van der Waals surface area contributed by atoms with Crippen LogP contribution in [0.2, 0.25) is 5.02 Å². The Morgan fingerprint density at radius 2 is 2.10 bits per heavy atom. The number of anilines is 1. The predicted octanol–water partition coefficient (Wildman–Crippen LogP) is 4.34. The molecular formula is C16H14ClF2NO. The first-order valence-corrected chi connectivity index (χ1v) is 7.05. The summed E-state index contributed by atoms with van der Waals surface area (Å²) in [5, 5.41) is 2.93. The summed E-state index contributed by atoms with van der Waals surface area (Å²) >= 11 is 5.85. The fourth-order valence-corrected chi connectivity index (χ4v) is 2.75. The van der Waals surface area contributed by atoms with Crippen LogP contribution in [0.15, 0.2) is 30.3 Å². The van der Waals surface area contributed by atoms with E-state index >= 15 is 0 Å². The van der Waals surface area contributed by atoms with Crippen LogP contribution in [0.1, 0.15) is 11.1 Å². The minimum absolute atomic E-state index is 0.0267. The van der Waals surface area contributed by atoms with Gasteiger partial charge in [0.05, 0.1) is 17.3 Å². The van der Waals surface area contributed by atoms with E-state index in [-0.39, 0.29) is 16.8 Å². The van der Waals surface area contributed by atoms with Crippen molar-refractivity contribution in [3.05, 3.63) is 58.1 Å². The maximum Gasteiger partial charge on any atom is 0.150 e. The minimum atomic E-state index is -0.702. The Morgan fingerprint density at radius 3 is 2.86 bits per heavy atom. The van der Waals surface area contributed by atoms with E-state index in [4.69, 9.17) is 16.3 Å². The summed E-state index contributed by atoms with van der Waals surface area (Å²) in [6.45, 7) is 2.43. The van der Waals surface area contributed by atoms with Crippen molar-refractivity contribution in [2.45, 2.75) is 19.4 Å². The molecule has 1 heterocycles. The summed E-state index contributed by atoms with van der Waals surface area (Å²) in [5.74, 6) is -0.535. The molecule has 3 rings (SSSR count). The molecule has 0 bridgehead atoms. The van der Waals surface area contributed by atoms with Gasteiger partial charge >= 0.3 is 0 Å². The first kappa shape index (κ1) is 14.1. The summed E-state index contributed by atoms with van der Waals surface area (Å²) in [4.78, 5) is 0. The maximum absolute atomic E-state index is 13.7. The van der Waals surface area contributed by atoms with E-state index in [1.807, 2.05) is 19.1 Å². The maximum atomic E-state index is 13.7. The van der Waals surface area contributed by atoms with E-state index in [9.17, 15) is 8.78 Å². The average Bonchev–Trinajstić information content (AvgIpc) is 2.79. The molecule has 2 aromatic rings. The molecule has 2 aromatic carbocycles. The standard InChI is InChI=1S/C16H14ClF2NO/c1-9-2-3-15-10(4-9)5-12(21-15)8-20-16-13(17)6-11(18)7-14(16)19/h2-4,6-7,12,20H,5,8H2,1H3. The monoisotopic (exact) mass is 309 g/mol. The van der Waals surface area contributed by atoms with Crippen LogP contribution < -0.4 is 10.1 Å². The van der Waals surface area contributed by atoms with E-state index in [1.165, 1.54) is 5.56 Å². The Labute approximate surface area is 126 Å². The Kier molecular flexibility index (Phi) is 3.72. The average molecular weight is 310 g/mol. The highest BCUT2D eigenvalue weighted by Crippen LogP contribution is 2.31. The van der Waals surface area contributed by atoms with Gasteiger partial charge in [-0.2, -0.15) is 0 Å². The highest BCUT2D eigenvalue weighted by Gasteiger charge is 2.23. The zero-order valence-corrected chi connectivity index (χ0v) is 12.2. The van der Waals surface area contributed by atoms with E-state index < -0.39 is 11.6 Å². The zero-order chi connectivity index (χ0) is 15.0. The van der Waals surface area contributed by atoms with Crippen molar-refractivity contribution in [3.63, 3.8) is 0 Å². The smallest absolute Gasteiger partial charge is 0.150 e. The lowest BCUT2D eigenvalue weighted by molar-refractivity contribution is 0.246. The molecule has 2 nitrogen and oxygen atoms in total. The Morgan fingerprint density at radius 1 is 1.29 bits per heavy atom. The number of benzene rings is 2. The Balaban J connectivity index is 1.68. The topological polar surface area (TPSA) is 21.3 Å². The SMILES string of the molecule is Cc1ccc2c(c1)CC(CNc1c(F)cc(F)cc1Cl)O2. The van der Waals surface area contributed by atoms with Crippen molar-refractivity contribution in [1.82, 2.24) is 0 Å². The number of ether oxygens (including phenoxy) is 1. The quantitative estimate of drug-likeness (QED) is 0.910. The fraction of sp³-hybridized carbons (Fsp3) is 0.250. The lowest BCUT2D eigenvalue weighted by Crippen LogP contribution is -2.24. The number of fused-ring (bicyclic) bond motifs is 1. The number of halogens is 3. The van der Waals surface area contributed by atoms with Gasteiger partial charge in [-0.25, -0.2) is 8.78 Å². The van der Waals surface area contributed by atoms with Crippen LogP contribution in [0.3, 0.4) is 0 Å². The van der Waals surface area contributed by atoms with Crippen LogP contribution >= 0.6 is 11.6 Å². The second kappa shape index (κ2) is 5.53. The van der Waals surface area contributed by atoms with Crippen molar-refractivity contribution in [2.75, 3.05) is 11.9 Å². The largest absolute Gasteiger partial charge is 0.488 e. The molecule has 21 heavy (non-hydrogen) atoms. The van der Waals surface area contributed by atoms with E-state index in [0.717, 1.165) is 29.9 Å². The number of nitrogens with one attached hydrogen (secondary N) is 1. The van der Waals surface area contributed by atoms with Crippen LogP contribution in [0.25, 0.3) is 0 Å². The van der Waals surface area contributed by atoms with Crippen LogP contribution in [-0.4, -0.2) is 12.6 Å². The molecule has 1 aliphatic heterocycles. The first-order valence-electron chi connectivity index (χ1n) is 6.67. The van der Waals surface area contributed by atoms with Gasteiger partial charge in [-0.3, -0.25) is 0 Å². The molecule has 1 unspecified atom stereocenters. The molecule has 0 saturated heterocycles. The minimum Gasteiger partial charge on any atom is -0.488 e. The summed E-state index contributed by atoms with van der Waals surface area (Å²) in [6.07, 6.45) is 0.659. The van der Waals surface area contributed by atoms with Crippen molar-refractivity contribution in [2.24, 2.45) is 0 Å². The molecule has 5 heteroatoms. The molecule has 1 atom stereocenters. The van der Waals surface area contributed by atoms with Crippen molar-refractivity contribution in [3.8, 4) is 5.75 Å². The molecule has 0 amide bonds. The normalized spacial score (nSPS) is 16.5. The Bertz CT molecular complexity index is 667. The molecule has 1 N–H and O–H groups in total. The summed E-state index contributed by atoms with van der Waals surface area (Å²) < 4.78 is 32.4. The molecule has 0 aromatic heterocycles. The van der Waals surface area contributed by atoms with E-state index in [0.29, 0.717) is 6.54 Å². The molecule has 110 valence electrons. The van der Waals surface area contributed by atoms with Crippen molar-refractivity contribution < 1.29 is 13.5 Å². The van der Waals surface area contributed by atoms with Crippen LogP contribution in [0, 0.1) is 18.6 Å². The van der Waals surface area contributed by atoms with E-state index in [1.54, 1.807) is 0 Å². The first-order chi connectivity index (χ1) is 10.0. The zero-order valence-electron chi connectivity index (χ0n) is 11.4. The number of hydrogen-bond donors (Lipinski definition) is 1. The lowest BCUT2D eigenvalue weighted by atomic mass is 10.1. The fourth-order valence-electron chi connectivity index (χ4n) is 2.49. The highest BCUT2D eigenvalue weighted by molar-refractivity contribution is 6.33. The van der Waals surface area contributed by atoms with Gasteiger partial charge in [-0.05, 0) is 24.6 Å². The van der Waals surface area contributed by atoms with Gasteiger partial charge in [-0.15, -0.1) is 0 Å². The third-order valence-electron chi connectivity index (χ3n) is 3.47. The molecule has 0 fully saturated rings. The van der Waals surface area contributed by atoms with Crippen LogP contribution in [-0.2, 0) is 6.42 Å². The van der Waals surface area contributed by atoms with Gasteiger partial charge in [0.25, 0.3) is 0 Å². The van der Waals surface area contributed by atoms with Gasteiger partial charge in [0.2, 0.25) is 0 Å². The summed E-state index contributed by atoms with van der Waals surface area (Å²) in [5.41, 5.74) is 2.43. The van der Waals surface area contributed by atoms with E-state index in [2.05, 4.69) is 11.4 Å². The van der Waals surface area contributed by atoms with Crippen LogP contribution in [0.4, 0.5) is 14.5 Å². The van der Waals surface area contributed by atoms with Gasteiger partial charge in [-0.1, -0.05) is 29.3 Å². The second-order valence-electron chi connectivity index (χ2n) is 5.18. The third-order valence-corrected chi connectivity index (χ3v) is 3.77. The molecule has 0 saturated carbocycles. The summed E-state index contributed by atoms with van der Waals surface area (Å²) in [6, 6.07) is 7.91. The molecule has 0 radical (unpaired) electrons. The van der Waals surface area contributed by atoms with Gasteiger partial charge in [0.15, 0.2) is 5.82 Å². The second-order valence-corrected chi connectivity index (χ2v) is 5.59. The van der Waals surface area contributed by atoms with Gasteiger partial charge in [0.1, 0.15) is 17.7 Å². The van der Waals surface area contributed by atoms with Gasteiger partial charge in [0, 0.05) is 12.5 Å². The third kappa shape index (κ3) is 2.95. The molecule has 1 aliphatic rings. The van der Waals surface area contributed by atoms with Crippen molar-refractivity contribution in [1.29, 1.82) is 0 Å². The van der Waals surface area contributed by atoms with Crippen LogP contribution in [0.5, 0.6) is 5.75 Å². The van der Waals surface area contributed by atoms with Crippen molar-refractivity contribution >= 4 is 17.3 Å². The molecule has 0 aliphatic carbocycles. The van der Waals surface area contributed by atoms with Gasteiger partial charge < -0.3 is 10.1 Å². The highest BCUT2D eigenvalue weighted by atomic mass is 35.5. The predicted molar refractivity (Wildman–Crippen MR) is 79.2 cm³/mol. The lowest BCUT2D eigenvalue weighted by Gasteiger charge is -2.14. The Hall–Kier alpha value is -1.81. The molecular weight excluding hydrogens is 296 g/mol. The molecule has 0 spiro atoms. The summed E-state index contributed by atoms with van der Waals surface area (Å²) in [7, 11) is 0. The number of hydrogen-bond acceptors (Lipinski definition) is 2. The number of aryl methyl sites for hydroxylation is 1.